The van der Waals surface area contributed by atoms with Crippen LogP contribution in [0.1, 0.15) is 38.3 Å². The van der Waals surface area contributed by atoms with Crippen molar-refractivity contribution < 1.29 is 27.4 Å². The minimum Gasteiger partial charge on any atom is -0.497 e. The van der Waals surface area contributed by atoms with Gasteiger partial charge in [-0.15, -0.1) is 0 Å². The first-order valence-corrected chi connectivity index (χ1v) is 11.4. The van der Waals surface area contributed by atoms with E-state index >= 15 is 0 Å². The second-order valence-corrected chi connectivity index (χ2v) is 8.59. The highest BCUT2D eigenvalue weighted by Crippen LogP contribution is 2.31. The van der Waals surface area contributed by atoms with E-state index in [2.05, 4.69) is 5.32 Å². The number of carbonyl (C=O) groups is 1. The molecule has 4 aromatic rings. The van der Waals surface area contributed by atoms with Gasteiger partial charge in [0.2, 0.25) is 0 Å². The van der Waals surface area contributed by atoms with Gasteiger partial charge in [0.15, 0.2) is 0 Å². The molecule has 3 aromatic carbocycles. The standard InChI is InChI=1S/C28H27F3N2O3/c1-17-18(2)33(16-19-6-5-7-22(12-19)28(29,30)31)25-10-8-20(14-24(17)25)27(34)32-15-21-13-23(35-3)9-11-26(21)36-4/h5-14H,15-16H2,1-4H3,(H,32,34). The average molecular weight is 497 g/mol. The zero-order valence-corrected chi connectivity index (χ0v) is 20.5. The summed E-state index contributed by atoms with van der Waals surface area (Å²) in [5, 5.41) is 3.80. The van der Waals surface area contributed by atoms with Crippen LogP contribution in [0.15, 0.2) is 60.7 Å². The molecule has 8 heteroatoms. The molecule has 1 heterocycles. The number of rotatable bonds is 7. The van der Waals surface area contributed by atoms with Crippen LogP contribution < -0.4 is 14.8 Å². The molecule has 0 saturated carbocycles. The molecule has 1 amide bonds. The third-order valence-electron chi connectivity index (χ3n) is 6.42. The van der Waals surface area contributed by atoms with Crippen LogP contribution in [-0.2, 0) is 19.3 Å². The van der Waals surface area contributed by atoms with E-state index in [0.29, 0.717) is 29.2 Å². The van der Waals surface area contributed by atoms with Crippen molar-refractivity contribution in [1.29, 1.82) is 0 Å². The monoisotopic (exact) mass is 496 g/mol. The molecule has 0 radical (unpaired) electrons. The van der Waals surface area contributed by atoms with Gasteiger partial charge < -0.3 is 19.4 Å². The quantitative estimate of drug-likeness (QED) is 0.328. The van der Waals surface area contributed by atoms with Gasteiger partial charge in [-0.2, -0.15) is 13.2 Å². The fraction of sp³-hybridized carbons (Fsp3) is 0.250. The van der Waals surface area contributed by atoms with Gasteiger partial charge in [-0.3, -0.25) is 4.79 Å². The van der Waals surface area contributed by atoms with Crippen LogP contribution >= 0.6 is 0 Å². The minimum absolute atomic E-state index is 0.246. The smallest absolute Gasteiger partial charge is 0.416 e. The number of ether oxygens (including phenoxy) is 2. The number of hydrogen-bond acceptors (Lipinski definition) is 3. The normalized spacial score (nSPS) is 11.5. The highest BCUT2D eigenvalue weighted by Gasteiger charge is 2.30. The summed E-state index contributed by atoms with van der Waals surface area (Å²) < 4.78 is 52.1. The Morgan fingerprint density at radius 3 is 2.44 bits per heavy atom. The van der Waals surface area contributed by atoms with E-state index in [1.54, 1.807) is 38.5 Å². The largest absolute Gasteiger partial charge is 0.497 e. The first kappa shape index (κ1) is 25.2. The molecule has 0 spiro atoms. The van der Waals surface area contributed by atoms with Gasteiger partial charge in [-0.1, -0.05) is 12.1 Å². The van der Waals surface area contributed by atoms with E-state index in [0.717, 1.165) is 33.8 Å². The summed E-state index contributed by atoms with van der Waals surface area (Å²) in [7, 11) is 3.14. The number of methoxy groups -OCH3 is 2. The van der Waals surface area contributed by atoms with Crippen molar-refractivity contribution in [3.05, 3.63) is 94.2 Å². The van der Waals surface area contributed by atoms with Crippen molar-refractivity contribution in [1.82, 2.24) is 9.88 Å². The van der Waals surface area contributed by atoms with Crippen LogP contribution in [0, 0.1) is 13.8 Å². The van der Waals surface area contributed by atoms with E-state index in [-0.39, 0.29) is 12.5 Å². The molecule has 1 aromatic heterocycles. The molecule has 36 heavy (non-hydrogen) atoms. The number of nitrogens with one attached hydrogen (secondary N) is 1. The predicted octanol–water partition coefficient (Wildman–Crippen LogP) is 6.27. The summed E-state index contributed by atoms with van der Waals surface area (Å²) in [6.45, 7) is 4.42. The molecule has 0 fully saturated rings. The number of hydrogen-bond donors (Lipinski definition) is 1. The van der Waals surface area contributed by atoms with Crippen LogP contribution in [0.5, 0.6) is 11.5 Å². The highest BCUT2D eigenvalue weighted by atomic mass is 19.4. The highest BCUT2D eigenvalue weighted by molar-refractivity contribution is 5.99. The lowest BCUT2D eigenvalue weighted by Gasteiger charge is -2.12. The van der Waals surface area contributed by atoms with Gasteiger partial charge in [-0.05, 0) is 73.5 Å². The topological polar surface area (TPSA) is 52.5 Å². The van der Waals surface area contributed by atoms with Crippen molar-refractivity contribution in [3.63, 3.8) is 0 Å². The number of aryl methyl sites for hydroxylation is 1. The van der Waals surface area contributed by atoms with Crippen molar-refractivity contribution >= 4 is 16.8 Å². The second-order valence-electron chi connectivity index (χ2n) is 8.59. The van der Waals surface area contributed by atoms with Gasteiger partial charge >= 0.3 is 6.18 Å². The maximum atomic E-state index is 13.2. The summed E-state index contributed by atoms with van der Waals surface area (Å²) in [6.07, 6.45) is -4.39. The molecule has 0 aliphatic carbocycles. The average Bonchev–Trinajstić information content (AvgIpc) is 3.11. The van der Waals surface area contributed by atoms with Crippen LogP contribution in [0.2, 0.25) is 0 Å². The molecule has 0 bridgehead atoms. The number of fused-ring (bicyclic) bond motifs is 1. The molecule has 0 unspecified atom stereocenters. The maximum Gasteiger partial charge on any atom is 0.416 e. The predicted molar refractivity (Wildman–Crippen MR) is 133 cm³/mol. The molecule has 4 rings (SSSR count). The summed E-state index contributed by atoms with van der Waals surface area (Å²) in [5.74, 6) is 1.06. The van der Waals surface area contributed by atoms with Crippen LogP contribution in [0.4, 0.5) is 13.2 Å². The zero-order chi connectivity index (χ0) is 26.0. The molecule has 188 valence electrons. The van der Waals surface area contributed by atoms with Crippen LogP contribution in [-0.4, -0.2) is 24.7 Å². The minimum atomic E-state index is -4.39. The van der Waals surface area contributed by atoms with Gasteiger partial charge in [0.05, 0.1) is 19.8 Å². The Morgan fingerprint density at radius 2 is 1.75 bits per heavy atom. The Hall–Kier alpha value is -3.94. The number of aromatic nitrogens is 1. The Morgan fingerprint density at radius 1 is 0.972 bits per heavy atom. The summed E-state index contributed by atoms with van der Waals surface area (Å²) in [6, 6.07) is 16.1. The van der Waals surface area contributed by atoms with E-state index < -0.39 is 11.7 Å². The lowest BCUT2D eigenvalue weighted by molar-refractivity contribution is -0.137. The number of carbonyl (C=O) groups excluding carboxylic acids is 1. The van der Waals surface area contributed by atoms with E-state index in [9.17, 15) is 18.0 Å². The van der Waals surface area contributed by atoms with E-state index in [1.807, 2.05) is 36.6 Å². The summed E-state index contributed by atoms with van der Waals surface area (Å²) >= 11 is 0. The SMILES string of the molecule is COc1ccc(OC)c(CNC(=O)c2ccc3c(c2)c(C)c(C)n3Cc2cccc(C(F)(F)F)c2)c1. The molecule has 5 nitrogen and oxygen atoms in total. The molecular formula is C28H27F3N2O3. The number of amides is 1. The third-order valence-corrected chi connectivity index (χ3v) is 6.42. The second kappa shape index (κ2) is 9.97. The number of benzene rings is 3. The van der Waals surface area contributed by atoms with Gasteiger partial charge in [0.1, 0.15) is 11.5 Å². The first-order valence-electron chi connectivity index (χ1n) is 11.4. The van der Waals surface area contributed by atoms with Crippen molar-refractivity contribution in [2.75, 3.05) is 14.2 Å². The zero-order valence-electron chi connectivity index (χ0n) is 20.5. The summed E-state index contributed by atoms with van der Waals surface area (Å²) in [5.41, 5.74) is 3.92. The number of nitrogens with zero attached hydrogens (tertiary/aromatic N) is 1. The fourth-order valence-electron chi connectivity index (χ4n) is 4.32. The Labute approximate surface area is 207 Å². The van der Waals surface area contributed by atoms with Gasteiger partial charge in [0.25, 0.3) is 5.91 Å². The van der Waals surface area contributed by atoms with Crippen LogP contribution in [0.3, 0.4) is 0 Å². The Balaban J connectivity index is 1.59. The van der Waals surface area contributed by atoms with Crippen LogP contribution in [0.25, 0.3) is 10.9 Å². The fourth-order valence-corrected chi connectivity index (χ4v) is 4.32. The van der Waals surface area contributed by atoms with E-state index in [1.165, 1.54) is 12.1 Å². The van der Waals surface area contributed by atoms with Crippen molar-refractivity contribution in [2.45, 2.75) is 33.1 Å². The Kier molecular flexibility index (Phi) is 6.97. The molecular weight excluding hydrogens is 469 g/mol. The van der Waals surface area contributed by atoms with Crippen molar-refractivity contribution in [3.8, 4) is 11.5 Å². The molecule has 0 aliphatic rings. The molecule has 0 atom stereocenters. The number of alkyl halides is 3. The summed E-state index contributed by atoms with van der Waals surface area (Å²) in [4.78, 5) is 12.9. The molecule has 0 aliphatic heterocycles. The van der Waals surface area contributed by atoms with Crippen molar-refractivity contribution in [2.24, 2.45) is 0 Å². The van der Waals surface area contributed by atoms with E-state index in [4.69, 9.17) is 9.47 Å². The lowest BCUT2D eigenvalue weighted by atomic mass is 10.1. The lowest BCUT2D eigenvalue weighted by Crippen LogP contribution is -2.23. The maximum absolute atomic E-state index is 13.2. The molecule has 0 saturated heterocycles. The number of halogens is 3. The third kappa shape index (κ3) is 5.03. The first-order chi connectivity index (χ1) is 17.1. The van der Waals surface area contributed by atoms with Gasteiger partial charge in [-0.25, -0.2) is 0 Å². The molecule has 1 N–H and O–H groups in total. The van der Waals surface area contributed by atoms with Gasteiger partial charge in [0, 0.05) is 40.8 Å². The Bertz CT molecular complexity index is 1420.